The van der Waals surface area contributed by atoms with Crippen molar-refractivity contribution in [2.75, 3.05) is 6.54 Å². The van der Waals surface area contributed by atoms with Crippen LogP contribution in [0.4, 0.5) is 0 Å². The van der Waals surface area contributed by atoms with Gasteiger partial charge in [0.05, 0.1) is 11.3 Å². The molecule has 0 unspecified atom stereocenters. The molecule has 0 aliphatic rings. The van der Waals surface area contributed by atoms with Crippen LogP contribution in [-0.2, 0) is 26.3 Å². The van der Waals surface area contributed by atoms with Crippen LogP contribution in [0.25, 0.3) is 0 Å². The highest BCUT2D eigenvalue weighted by Crippen LogP contribution is 2.08. The first kappa shape index (κ1) is 22.8. The average Bonchev–Trinajstić information content (AvgIpc) is 2.54. The summed E-state index contributed by atoms with van der Waals surface area (Å²) in [5.41, 5.74) is 7.12. The van der Waals surface area contributed by atoms with Gasteiger partial charge in [-0.05, 0) is 24.6 Å². The summed E-state index contributed by atoms with van der Waals surface area (Å²) in [5.74, 6) is -0.244. The summed E-state index contributed by atoms with van der Waals surface area (Å²) in [5, 5.41) is 0. The molecule has 138 valence electrons. The smallest absolute Gasteiger partial charge is 0.307 e. The molecule has 0 fully saturated rings. The van der Waals surface area contributed by atoms with Gasteiger partial charge in [-0.25, -0.2) is 8.42 Å². The average molecular weight is 366 g/mol. The fourth-order valence-corrected chi connectivity index (χ4v) is 2.10. The minimum atomic E-state index is -4.27. The van der Waals surface area contributed by atoms with E-state index in [9.17, 15) is 17.8 Å². The molecule has 0 saturated heterocycles. The Morgan fingerprint density at radius 1 is 1.08 bits per heavy atom. The molecule has 0 bridgehead atoms. The van der Waals surface area contributed by atoms with Crippen molar-refractivity contribution in [1.29, 1.82) is 0 Å². The normalized spacial score (nSPS) is 10.0. The number of carbonyl (C=O) groups excluding carboxylic acids is 1. The van der Waals surface area contributed by atoms with Crippen LogP contribution in [0.1, 0.15) is 25.0 Å². The van der Waals surface area contributed by atoms with Gasteiger partial charge < -0.3 is 15.0 Å². The van der Waals surface area contributed by atoms with Crippen molar-refractivity contribution in [3.63, 3.8) is 0 Å². The molecule has 0 saturated carbocycles. The number of nitrogens with two attached hydrogens (primary N) is 1. The topological polar surface area (TPSA) is 110 Å². The number of esters is 1. The minimum Gasteiger partial charge on any atom is -0.744 e. The first-order valence-electron chi connectivity index (χ1n) is 7.25. The third-order valence-corrected chi connectivity index (χ3v) is 3.75. The molecular formula is C18H24NO5S-. The highest BCUT2D eigenvalue weighted by Gasteiger charge is 2.00. The number of carbonyl (C=O) groups is 1. The second-order valence-corrected chi connectivity index (χ2v) is 6.33. The van der Waals surface area contributed by atoms with Crippen molar-refractivity contribution < 1.29 is 22.5 Å². The van der Waals surface area contributed by atoms with Gasteiger partial charge in [0.25, 0.3) is 0 Å². The number of hydrogen-bond donors (Lipinski definition) is 1. The van der Waals surface area contributed by atoms with Gasteiger partial charge in [-0.2, -0.15) is 0 Å². The van der Waals surface area contributed by atoms with Gasteiger partial charge in [0.2, 0.25) is 0 Å². The molecule has 2 N–H and O–H groups in total. The Bertz CT molecular complexity index is 728. The number of rotatable bonds is 5. The third kappa shape index (κ3) is 9.61. The van der Waals surface area contributed by atoms with E-state index < -0.39 is 10.1 Å². The maximum atomic E-state index is 10.9. The molecule has 0 amide bonds. The summed E-state index contributed by atoms with van der Waals surface area (Å²) < 4.78 is 36.1. The van der Waals surface area contributed by atoms with Crippen molar-refractivity contribution in [2.24, 2.45) is 5.73 Å². The quantitative estimate of drug-likeness (QED) is 0.643. The Kier molecular flexibility index (Phi) is 10.3. The van der Waals surface area contributed by atoms with Crippen LogP contribution in [0.3, 0.4) is 0 Å². The van der Waals surface area contributed by atoms with Gasteiger partial charge in [0, 0.05) is 6.54 Å². The third-order valence-electron chi connectivity index (χ3n) is 2.90. The SMILES string of the molecule is C.Cc1ccc(S(=O)(=O)[O-])cc1.NCCC(=O)OCc1ccccc1. The predicted octanol–water partition coefficient (Wildman–Crippen LogP) is 2.61. The molecule has 7 heteroatoms. The van der Waals surface area contributed by atoms with Gasteiger partial charge in [-0.15, -0.1) is 0 Å². The molecule has 0 heterocycles. The number of hydrogen-bond acceptors (Lipinski definition) is 6. The summed E-state index contributed by atoms with van der Waals surface area (Å²) in [6.07, 6.45) is 0.285. The molecule has 0 atom stereocenters. The van der Waals surface area contributed by atoms with Crippen LogP contribution in [0.15, 0.2) is 59.5 Å². The van der Waals surface area contributed by atoms with Crippen LogP contribution < -0.4 is 5.73 Å². The van der Waals surface area contributed by atoms with E-state index >= 15 is 0 Å². The first-order valence-corrected chi connectivity index (χ1v) is 8.66. The lowest BCUT2D eigenvalue weighted by atomic mass is 10.2. The van der Waals surface area contributed by atoms with Crippen LogP contribution >= 0.6 is 0 Å². The Labute approximate surface area is 149 Å². The van der Waals surface area contributed by atoms with Crippen LogP contribution in [-0.4, -0.2) is 25.5 Å². The monoisotopic (exact) mass is 366 g/mol. The van der Waals surface area contributed by atoms with Gasteiger partial charge in [0.1, 0.15) is 16.7 Å². The molecule has 0 radical (unpaired) electrons. The summed E-state index contributed by atoms with van der Waals surface area (Å²) >= 11 is 0. The molecular weight excluding hydrogens is 342 g/mol. The molecule has 0 aromatic heterocycles. The number of benzene rings is 2. The van der Waals surface area contributed by atoms with Crippen molar-refractivity contribution >= 4 is 16.1 Å². The van der Waals surface area contributed by atoms with E-state index in [0.29, 0.717) is 13.2 Å². The standard InChI is InChI=1S/C10H13NO2.C7H8O3S.CH4/c11-7-6-10(12)13-8-9-4-2-1-3-5-9;1-6-2-4-7(5-3-6)11(8,9)10;/h1-5H,6-8,11H2;2-5H,1H3,(H,8,9,10);1H4/p-1. The van der Waals surface area contributed by atoms with E-state index in [2.05, 4.69) is 0 Å². The van der Waals surface area contributed by atoms with Gasteiger partial charge >= 0.3 is 5.97 Å². The molecule has 6 nitrogen and oxygen atoms in total. The first-order chi connectivity index (χ1) is 11.3. The minimum absolute atomic E-state index is 0. The van der Waals surface area contributed by atoms with E-state index in [4.69, 9.17) is 10.5 Å². The second-order valence-electron chi connectivity index (χ2n) is 4.95. The lowest BCUT2D eigenvalue weighted by Crippen LogP contribution is -2.10. The Morgan fingerprint density at radius 3 is 2.12 bits per heavy atom. The fraction of sp³-hybridized carbons (Fsp3) is 0.278. The summed E-state index contributed by atoms with van der Waals surface area (Å²) in [6, 6.07) is 15.3. The molecule has 0 spiro atoms. The summed E-state index contributed by atoms with van der Waals surface area (Å²) in [7, 11) is -4.27. The fourth-order valence-electron chi connectivity index (χ4n) is 1.63. The lowest BCUT2D eigenvalue weighted by molar-refractivity contribution is -0.144. The molecule has 0 aliphatic heterocycles. The number of aryl methyl sites for hydroxylation is 1. The largest absolute Gasteiger partial charge is 0.744 e. The highest BCUT2D eigenvalue weighted by atomic mass is 32.2. The Morgan fingerprint density at radius 2 is 1.64 bits per heavy atom. The van der Waals surface area contributed by atoms with Crippen LogP contribution in [0, 0.1) is 6.92 Å². The van der Waals surface area contributed by atoms with E-state index in [-0.39, 0.29) is 24.7 Å². The maximum absolute atomic E-state index is 10.9. The van der Waals surface area contributed by atoms with Crippen molar-refractivity contribution in [1.82, 2.24) is 0 Å². The maximum Gasteiger partial charge on any atom is 0.307 e. The van der Waals surface area contributed by atoms with Gasteiger partial charge in [-0.1, -0.05) is 55.5 Å². The molecule has 2 aromatic carbocycles. The van der Waals surface area contributed by atoms with E-state index in [1.54, 1.807) is 12.1 Å². The van der Waals surface area contributed by atoms with Gasteiger partial charge in [0.15, 0.2) is 0 Å². The highest BCUT2D eigenvalue weighted by molar-refractivity contribution is 7.85. The van der Waals surface area contributed by atoms with Crippen molar-refractivity contribution in [3.05, 3.63) is 65.7 Å². The van der Waals surface area contributed by atoms with E-state index in [1.807, 2.05) is 37.3 Å². The van der Waals surface area contributed by atoms with Crippen LogP contribution in [0.5, 0.6) is 0 Å². The summed E-state index contributed by atoms with van der Waals surface area (Å²) in [4.78, 5) is 10.7. The van der Waals surface area contributed by atoms with E-state index in [1.165, 1.54) is 12.1 Å². The number of ether oxygens (including phenoxy) is 1. The molecule has 25 heavy (non-hydrogen) atoms. The second kappa shape index (κ2) is 11.4. The zero-order valence-electron chi connectivity index (χ0n) is 13.3. The predicted molar refractivity (Wildman–Crippen MR) is 95.8 cm³/mol. The lowest BCUT2D eigenvalue weighted by Gasteiger charge is -2.05. The molecule has 2 aromatic rings. The molecule has 0 aliphatic carbocycles. The zero-order chi connectivity index (χ0) is 18.0. The van der Waals surface area contributed by atoms with Crippen molar-refractivity contribution in [2.45, 2.75) is 32.3 Å². The van der Waals surface area contributed by atoms with Crippen LogP contribution in [0.2, 0.25) is 0 Å². The Hall–Kier alpha value is -2.22. The summed E-state index contributed by atoms with van der Waals surface area (Å²) in [6.45, 7) is 2.49. The zero-order valence-corrected chi connectivity index (χ0v) is 14.2. The van der Waals surface area contributed by atoms with Gasteiger partial charge in [-0.3, -0.25) is 4.79 Å². The van der Waals surface area contributed by atoms with E-state index in [0.717, 1.165) is 11.1 Å². The Balaban J connectivity index is 0.000000449. The molecule has 2 rings (SSSR count). The van der Waals surface area contributed by atoms with Crippen molar-refractivity contribution in [3.8, 4) is 0 Å².